The highest BCUT2D eigenvalue weighted by Gasteiger charge is 2.12. The molecule has 4 nitrogen and oxygen atoms in total. The van der Waals surface area contributed by atoms with Gasteiger partial charge in [0.25, 0.3) is 0 Å². The van der Waals surface area contributed by atoms with Crippen molar-refractivity contribution in [3.8, 4) is 11.4 Å². The summed E-state index contributed by atoms with van der Waals surface area (Å²) in [7, 11) is 0. The van der Waals surface area contributed by atoms with Crippen LogP contribution in [-0.4, -0.2) is 15.0 Å². The lowest BCUT2D eigenvalue weighted by Gasteiger charge is -2.18. The van der Waals surface area contributed by atoms with Crippen molar-refractivity contribution in [3.63, 3.8) is 0 Å². The number of nitrogens with zero attached hydrogens (tertiary/aromatic N) is 3. The van der Waals surface area contributed by atoms with Gasteiger partial charge in [0.15, 0.2) is 5.82 Å². The molecule has 0 amide bonds. The number of benzene rings is 1. The molecule has 0 bridgehead atoms. The third kappa shape index (κ3) is 3.97. The first-order valence-corrected chi connectivity index (χ1v) is 8.99. The minimum atomic E-state index is 0.183. The number of aromatic nitrogens is 3. The minimum Gasteiger partial charge on any atom is -0.306 e. The van der Waals surface area contributed by atoms with Gasteiger partial charge in [-0.25, -0.2) is 9.97 Å². The fourth-order valence-corrected chi connectivity index (χ4v) is 3.13. The lowest BCUT2D eigenvalue weighted by molar-refractivity contribution is 0.566. The van der Waals surface area contributed by atoms with Crippen LogP contribution in [0.4, 0.5) is 0 Å². The molecule has 4 heteroatoms. The fraction of sp³-hybridized carbons (Fsp3) is 0.318. The van der Waals surface area contributed by atoms with Gasteiger partial charge in [-0.1, -0.05) is 12.1 Å². The Morgan fingerprint density at radius 1 is 0.962 bits per heavy atom. The smallest absolute Gasteiger partial charge is 0.159 e. The summed E-state index contributed by atoms with van der Waals surface area (Å²) in [4.78, 5) is 13.3. The number of pyridine rings is 1. The lowest BCUT2D eigenvalue weighted by Crippen LogP contribution is -2.20. The molecule has 0 spiro atoms. The van der Waals surface area contributed by atoms with E-state index in [1.807, 2.05) is 25.3 Å². The van der Waals surface area contributed by atoms with Gasteiger partial charge in [0.2, 0.25) is 0 Å². The zero-order chi connectivity index (χ0) is 18.7. The highest BCUT2D eigenvalue weighted by Crippen LogP contribution is 2.21. The molecule has 26 heavy (non-hydrogen) atoms. The molecule has 1 N–H and O–H groups in total. The van der Waals surface area contributed by atoms with Crippen molar-refractivity contribution in [2.75, 3.05) is 0 Å². The Morgan fingerprint density at radius 2 is 1.65 bits per heavy atom. The summed E-state index contributed by atoms with van der Waals surface area (Å²) >= 11 is 0. The predicted molar refractivity (Wildman–Crippen MR) is 106 cm³/mol. The molecule has 0 fully saturated rings. The molecule has 1 aromatic carbocycles. The summed E-state index contributed by atoms with van der Waals surface area (Å²) in [6.45, 7) is 11.5. The molecule has 0 radical (unpaired) electrons. The molecule has 0 aliphatic heterocycles. The molecule has 0 saturated heterocycles. The van der Waals surface area contributed by atoms with Crippen LogP contribution in [0.2, 0.25) is 0 Å². The van der Waals surface area contributed by atoms with E-state index in [-0.39, 0.29) is 6.04 Å². The van der Waals surface area contributed by atoms with E-state index in [1.54, 1.807) is 12.4 Å². The van der Waals surface area contributed by atoms with E-state index < -0.39 is 0 Å². The van der Waals surface area contributed by atoms with Gasteiger partial charge < -0.3 is 5.32 Å². The second kappa shape index (κ2) is 7.75. The van der Waals surface area contributed by atoms with Crippen LogP contribution in [0, 0.1) is 27.7 Å². The van der Waals surface area contributed by atoms with Crippen LogP contribution >= 0.6 is 0 Å². The van der Waals surface area contributed by atoms with E-state index in [0.717, 1.165) is 29.2 Å². The Kier molecular flexibility index (Phi) is 5.43. The van der Waals surface area contributed by atoms with Crippen molar-refractivity contribution in [1.29, 1.82) is 0 Å². The van der Waals surface area contributed by atoms with Gasteiger partial charge in [0.05, 0.1) is 0 Å². The largest absolute Gasteiger partial charge is 0.306 e. The summed E-state index contributed by atoms with van der Waals surface area (Å²) in [5.74, 6) is 0.742. The van der Waals surface area contributed by atoms with E-state index in [9.17, 15) is 0 Å². The summed E-state index contributed by atoms with van der Waals surface area (Å²) in [5, 5.41) is 3.61. The van der Waals surface area contributed by atoms with Gasteiger partial charge in [-0.2, -0.15) is 0 Å². The summed E-state index contributed by atoms with van der Waals surface area (Å²) in [6, 6.07) is 8.58. The summed E-state index contributed by atoms with van der Waals surface area (Å²) < 4.78 is 0. The van der Waals surface area contributed by atoms with Crippen molar-refractivity contribution < 1.29 is 0 Å². The van der Waals surface area contributed by atoms with Crippen LogP contribution in [0.5, 0.6) is 0 Å². The quantitative estimate of drug-likeness (QED) is 0.732. The van der Waals surface area contributed by atoms with E-state index in [1.165, 1.54) is 22.3 Å². The standard InChI is InChI=1S/C22H26N4/c1-14-10-16(3)20(11-15(14)2)12-24-17(4)21-13-25-22(26-18(21)5)19-6-8-23-9-7-19/h6-11,13,17,24H,12H2,1-5H3. The topological polar surface area (TPSA) is 50.7 Å². The van der Waals surface area contributed by atoms with Gasteiger partial charge in [-0.15, -0.1) is 0 Å². The van der Waals surface area contributed by atoms with Crippen molar-refractivity contribution in [1.82, 2.24) is 20.3 Å². The zero-order valence-electron chi connectivity index (χ0n) is 16.2. The number of nitrogens with one attached hydrogen (secondary N) is 1. The molecule has 1 unspecified atom stereocenters. The van der Waals surface area contributed by atoms with Crippen LogP contribution in [0.15, 0.2) is 42.9 Å². The summed E-state index contributed by atoms with van der Waals surface area (Å²) in [5.41, 5.74) is 8.46. The third-order valence-electron chi connectivity index (χ3n) is 4.97. The van der Waals surface area contributed by atoms with Crippen molar-refractivity contribution in [3.05, 3.63) is 76.4 Å². The van der Waals surface area contributed by atoms with Crippen LogP contribution in [0.3, 0.4) is 0 Å². The number of hydrogen-bond acceptors (Lipinski definition) is 4. The second-order valence-corrected chi connectivity index (χ2v) is 6.94. The molecule has 134 valence electrons. The van der Waals surface area contributed by atoms with Gasteiger partial charge >= 0.3 is 0 Å². The first kappa shape index (κ1) is 18.2. The molecule has 2 heterocycles. The van der Waals surface area contributed by atoms with Gasteiger partial charge in [0, 0.05) is 48.0 Å². The Labute approximate surface area is 155 Å². The highest BCUT2D eigenvalue weighted by molar-refractivity contribution is 5.53. The summed E-state index contributed by atoms with van der Waals surface area (Å²) in [6.07, 6.45) is 5.46. The van der Waals surface area contributed by atoms with E-state index in [0.29, 0.717) is 0 Å². The average Bonchev–Trinajstić information content (AvgIpc) is 2.64. The first-order chi connectivity index (χ1) is 12.5. The van der Waals surface area contributed by atoms with Crippen LogP contribution in [0.1, 0.15) is 46.5 Å². The molecular formula is C22H26N4. The number of hydrogen-bond donors (Lipinski definition) is 1. The van der Waals surface area contributed by atoms with E-state index in [4.69, 9.17) is 0 Å². The van der Waals surface area contributed by atoms with Crippen LogP contribution < -0.4 is 5.32 Å². The van der Waals surface area contributed by atoms with E-state index in [2.05, 4.69) is 60.1 Å². The maximum atomic E-state index is 4.68. The minimum absolute atomic E-state index is 0.183. The molecule has 0 saturated carbocycles. The third-order valence-corrected chi connectivity index (χ3v) is 4.97. The molecule has 3 aromatic rings. The van der Waals surface area contributed by atoms with Crippen molar-refractivity contribution in [2.24, 2.45) is 0 Å². The molecule has 2 aromatic heterocycles. The van der Waals surface area contributed by atoms with Crippen LogP contribution in [0.25, 0.3) is 11.4 Å². The Morgan fingerprint density at radius 3 is 2.35 bits per heavy atom. The number of rotatable bonds is 5. The monoisotopic (exact) mass is 346 g/mol. The Bertz CT molecular complexity index is 904. The fourth-order valence-electron chi connectivity index (χ4n) is 3.13. The SMILES string of the molecule is Cc1cc(C)c(CNC(C)c2cnc(-c3ccncc3)nc2C)cc1C. The molecule has 1 atom stereocenters. The first-order valence-electron chi connectivity index (χ1n) is 8.99. The second-order valence-electron chi connectivity index (χ2n) is 6.94. The molecule has 3 rings (SSSR count). The number of aryl methyl sites for hydroxylation is 4. The van der Waals surface area contributed by atoms with Crippen molar-refractivity contribution >= 4 is 0 Å². The Hall–Kier alpha value is -2.59. The maximum absolute atomic E-state index is 4.68. The Balaban J connectivity index is 1.74. The molecular weight excluding hydrogens is 320 g/mol. The predicted octanol–water partition coefficient (Wildman–Crippen LogP) is 4.62. The van der Waals surface area contributed by atoms with Gasteiger partial charge in [-0.3, -0.25) is 4.98 Å². The average molecular weight is 346 g/mol. The van der Waals surface area contributed by atoms with Gasteiger partial charge in [-0.05, 0) is 69.0 Å². The zero-order valence-corrected chi connectivity index (χ0v) is 16.2. The highest BCUT2D eigenvalue weighted by atomic mass is 14.9. The van der Waals surface area contributed by atoms with Gasteiger partial charge in [0.1, 0.15) is 0 Å². The lowest BCUT2D eigenvalue weighted by atomic mass is 10.0. The van der Waals surface area contributed by atoms with Crippen molar-refractivity contribution in [2.45, 2.75) is 47.2 Å². The van der Waals surface area contributed by atoms with Crippen LogP contribution in [-0.2, 0) is 6.54 Å². The normalized spacial score (nSPS) is 12.2. The maximum Gasteiger partial charge on any atom is 0.159 e. The van der Waals surface area contributed by atoms with E-state index >= 15 is 0 Å². The molecule has 0 aliphatic carbocycles. The molecule has 0 aliphatic rings.